The highest BCUT2D eigenvalue weighted by Gasteiger charge is 2.18. The van der Waals surface area contributed by atoms with Crippen molar-refractivity contribution in [1.82, 2.24) is 15.5 Å². The van der Waals surface area contributed by atoms with Crippen LogP contribution in [0.15, 0.2) is 4.99 Å². The van der Waals surface area contributed by atoms with Crippen LogP contribution in [0.5, 0.6) is 0 Å². The first-order valence-corrected chi connectivity index (χ1v) is 9.56. The lowest BCUT2D eigenvalue weighted by molar-refractivity contribution is -0.127. The summed E-state index contributed by atoms with van der Waals surface area (Å²) < 4.78 is 0. The zero-order chi connectivity index (χ0) is 15.8. The number of carbonyl (C=O) groups is 1. The molecule has 2 N–H and O–H groups in total. The van der Waals surface area contributed by atoms with Crippen LogP contribution in [0.25, 0.3) is 0 Å². The number of likely N-dealkylation sites (N-methyl/N-ethyl adjacent to an activating group) is 1. The van der Waals surface area contributed by atoms with Gasteiger partial charge in [0, 0.05) is 31.9 Å². The third-order valence-electron chi connectivity index (χ3n) is 4.34. The Labute approximate surface area is 161 Å². The quantitative estimate of drug-likeness (QED) is 0.381. The number of rotatable bonds is 5. The van der Waals surface area contributed by atoms with Crippen LogP contribution in [0, 0.1) is 0 Å². The van der Waals surface area contributed by atoms with Crippen molar-refractivity contribution in [3.05, 3.63) is 0 Å². The third kappa shape index (κ3) is 7.96. The summed E-state index contributed by atoms with van der Waals surface area (Å²) in [5.41, 5.74) is 0. The summed E-state index contributed by atoms with van der Waals surface area (Å²) >= 11 is 2.06. The van der Waals surface area contributed by atoms with Crippen LogP contribution in [-0.2, 0) is 4.79 Å². The van der Waals surface area contributed by atoms with E-state index in [1.54, 1.807) is 19.0 Å². The van der Waals surface area contributed by atoms with Gasteiger partial charge in [-0.15, -0.1) is 24.0 Å². The Morgan fingerprint density at radius 2 is 1.87 bits per heavy atom. The van der Waals surface area contributed by atoms with Gasteiger partial charge in [-0.2, -0.15) is 11.8 Å². The molecule has 5 nitrogen and oxygen atoms in total. The first kappa shape index (κ1) is 20.9. The van der Waals surface area contributed by atoms with E-state index in [2.05, 4.69) is 27.4 Å². The molecule has 0 aromatic heterocycles. The number of hydrogen-bond donors (Lipinski definition) is 2. The lowest BCUT2D eigenvalue weighted by atomic mass is 10.2. The highest BCUT2D eigenvalue weighted by molar-refractivity contribution is 14.0. The van der Waals surface area contributed by atoms with Crippen LogP contribution >= 0.6 is 35.7 Å². The number of halogens is 1. The molecule has 2 rings (SSSR count). The molecule has 1 saturated carbocycles. The van der Waals surface area contributed by atoms with Gasteiger partial charge < -0.3 is 15.5 Å². The molecule has 0 spiro atoms. The Bertz CT molecular complexity index is 380. The monoisotopic (exact) mass is 454 g/mol. The van der Waals surface area contributed by atoms with E-state index in [9.17, 15) is 4.79 Å². The van der Waals surface area contributed by atoms with E-state index < -0.39 is 0 Å². The highest BCUT2D eigenvalue weighted by atomic mass is 127. The van der Waals surface area contributed by atoms with Crippen molar-refractivity contribution < 1.29 is 4.79 Å². The average molecular weight is 454 g/mol. The average Bonchev–Trinajstić information content (AvgIpc) is 3.03. The van der Waals surface area contributed by atoms with E-state index in [0.717, 1.165) is 12.5 Å². The summed E-state index contributed by atoms with van der Waals surface area (Å²) in [6, 6.07) is 0.514. The van der Waals surface area contributed by atoms with Gasteiger partial charge in [0.2, 0.25) is 5.91 Å². The Morgan fingerprint density at radius 1 is 1.17 bits per heavy atom. The molecule has 2 fully saturated rings. The van der Waals surface area contributed by atoms with Gasteiger partial charge in [-0.05, 0) is 31.4 Å². The molecule has 0 radical (unpaired) electrons. The second-order valence-electron chi connectivity index (χ2n) is 6.45. The van der Waals surface area contributed by atoms with Gasteiger partial charge in [-0.3, -0.25) is 4.79 Å². The molecular formula is C16H31IN4OS. The van der Waals surface area contributed by atoms with E-state index >= 15 is 0 Å². The number of amides is 1. The molecule has 1 amide bonds. The molecule has 1 atom stereocenters. The largest absolute Gasteiger partial charge is 0.355 e. The van der Waals surface area contributed by atoms with Gasteiger partial charge in [0.25, 0.3) is 0 Å². The van der Waals surface area contributed by atoms with E-state index in [1.807, 2.05) is 0 Å². The maximum atomic E-state index is 11.7. The molecule has 7 heteroatoms. The number of thioether (sulfide) groups is 1. The first-order valence-electron chi connectivity index (χ1n) is 8.52. The van der Waals surface area contributed by atoms with Crippen LogP contribution in [0.2, 0.25) is 0 Å². The number of nitrogens with one attached hydrogen (secondary N) is 2. The Morgan fingerprint density at radius 3 is 2.48 bits per heavy atom. The minimum atomic E-state index is 0. The van der Waals surface area contributed by atoms with E-state index in [-0.39, 0.29) is 36.4 Å². The van der Waals surface area contributed by atoms with Gasteiger partial charge in [0.05, 0.1) is 0 Å². The number of carbonyl (C=O) groups excluding carboxylic acids is 1. The van der Waals surface area contributed by atoms with E-state index in [4.69, 9.17) is 0 Å². The molecule has 0 aromatic rings. The van der Waals surface area contributed by atoms with Crippen molar-refractivity contribution in [2.45, 2.75) is 56.2 Å². The van der Waals surface area contributed by atoms with Crippen LogP contribution in [-0.4, -0.2) is 61.0 Å². The van der Waals surface area contributed by atoms with Crippen molar-refractivity contribution in [3.63, 3.8) is 0 Å². The van der Waals surface area contributed by atoms with E-state index in [0.29, 0.717) is 11.3 Å². The Kier molecular flexibility index (Phi) is 10.3. The maximum absolute atomic E-state index is 11.7. The summed E-state index contributed by atoms with van der Waals surface area (Å²) in [7, 11) is 3.54. The SMILES string of the molecule is CN(C)C(=O)CN=C(NCC1CCCCS1)NC1CCCC1.I. The number of hydrogen-bond acceptors (Lipinski definition) is 3. The molecule has 134 valence electrons. The smallest absolute Gasteiger partial charge is 0.243 e. The van der Waals surface area contributed by atoms with Crippen LogP contribution in [0.4, 0.5) is 0 Å². The van der Waals surface area contributed by atoms with Crippen LogP contribution in [0.3, 0.4) is 0 Å². The molecular weight excluding hydrogens is 423 g/mol. The zero-order valence-electron chi connectivity index (χ0n) is 14.3. The fourth-order valence-electron chi connectivity index (χ4n) is 2.88. The Hall–Kier alpha value is -0.180. The second-order valence-corrected chi connectivity index (χ2v) is 7.86. The number of nitrogens with zero attached hydrogens (tertiary/aromatic N) is 2. The topological polar surface area (TPSA) is 56.7 Å². The van der Waals surface area contributed by atoms with Gasteiger partial charge >= 0.3 is 0 Å². The summed E-state index contributed by atoms with van der Waals surface area (Å²) in [6.07, 6.45) is 8.97. The summed E-state index contributed by atoms with van der Waals surface area (Å²) in [6.45, 7) is 1.16. The fourth-order valence-corrected chi connectivity index (χ4v) is 4.12. The molecule has 0 bridgehead atoms. The number of aliphatic imine (C=N–C) groups is 1. The van der Waals surface area contributed by atoms with Crippen molar-refractivity contribution in [2.24, 2.45) is 4.99 Å². The van der Waals surface area contributed by atoms with E-state index in [1.165, 1.54) is 50.7 Å². The zero-order valence-corrected chi connectivity index (χ0v) is 17.5. The van der Waals surface area contributed by atoms with Gasteiger partial charge in [0.1, 0.15) is 6.54 Å². The summed E-state index contributed by atoms with van der Waals surface area (Å²) in [5.74, 6) is 2.13. The molecule has 1 aliphatic carbocycles. The Balaban J connectivity index is 0.00000264. The predicted octanol–water partition coefficient (Wildman–Crippen LogP) is 2.46. The molecule has 1 unspecified atom stereocenters. The van der Waals surface area contributed by atoms with Crippen molar-refractivity contribution >= 4 is 47.6 Å². The lowest BCUT2D eigenvalue weighted by Gasteiger charge is -2.24. The maximum Gasteiger partial charge on any atom is 0.243 e. The van der Waals surface area contributed by atoms with Crippen molar-refractivity contribution in [1.29, 1.82) is 0 Å². The highest BCUT2D eigenvalue weighted by Crippen LogP contribution is 2.24. The molecule has 1 aliphatic heterocycles. The standard InChI is InChI=1S/C16H30N4OS.HI/c1-20(2)15(21)12-18-16(19-13-7-3-4-8-13)17-11-14-9-5-6-10-22-14;/h13-14H,3-12H2,1-2H3,(H2,17,18,19);1H. The molecule has 2 aliphatic rings. The molecule has 0 aromatic carbocycles. The van der Waals surface area contributed by atoms with Gasteiger partial charge in [-0.25, -0.2) is 4.99 Å². The summed E-state index contributed by atoms with van der Waals surface area (Å²) in [4.78, 5) is 17.8. The molecule has 1 heterocycles. The first-order chi connectivity index (χ1) is 10.6. The number of guanidine groups is 1. The lowest BCUT2D eigenvalue weighted by Crippen LogP contribution is -2.45. The van der Waals surface area contributed by atoms with Crippen LogP contribution < -0.4 is 10.6 Å². The van der Waals surface area contributed by atoms with Gasteiger partial charge in [-0.1, -0.05) is 19.3 Å². The van der Waals surface area contributed by atoms with Crippen LogP contribution in [0.1, 0.15) is 44.9 Å². The molecule has 23 heavy (non-hydrogen) atoms. The van der Waals surface area contributed by atoms with Gasteiger partial charge in [0.15, 0.2) is 5.96 Å². The minimum Gasteiger partial charge on any atom is -0.355 e. The predicted molar refractivity (Wildman–Crippen MR) is 110 cm³/mol. The minimum absolute atomic E-state index is 0. The third-order valence-corrected chi connectivity index (χ3v) is 5.74. The summed E-state index contributed by atoms with van der Waals surface area (Å²) in [5, 5.41) is 7.64. The van der Waals surface area contributed by atoms with Crippen molar-refractivity contribution in [3.8, 4) is 0 Å². The second kappa shape index (κ2) is 11.4. The fraction of sp³-hybridized carbons (Fsp3) is 0.875. The normalized spacial score (nSPS) is 22.3. The molecule has 1 saturated heterocycles. The van der Waals surface area contributed by atoms with Crippen molar-refractivity contribution in [2.75, 3.05) is 32.9 Å².